The molecule has 2 aromatic carbocycles. The average Bonchev–Trinajstić information content (AvgIpc) is 2.55. The molecule has 0 saturated carbocycles. The Hall–Kier alpha value is -2.04. The highest BCUT2D eigenvalue weighted by atomic mass is 35.5. The number of carbonyl (C=O) groups excluding carboxylic acids is 1. The van der Waals surface area contributed by atoms with Crippen LogP contribution in [-0.2, 0) is 0 Å². The Morgan fingerprint density at radius 3 is 2.52 bits per heavy atom. The van der Waals surface area contributed by atoms with Crippen molar-refractivity contribution in [2.75, 3.05) is 27.7 Å². The lowest BCUT2D eigenvalue weighted by atomic mass is 10.1. The minimum absolute atomic E-state index is 0.0568. The van der Waals surface area contributed by atoms with Crippen LogP contribution in [0, 0.1) is 0 Å². The SMILES string of the molecule is COc1cccc(C(CNC(=O)c2ccc(Cl)cc2)N(C)C)c1. The fourth-order valence-electron chi connectivity index (χ4n) is 2.34. The first-order valence-electron chi connectivity index (χ1n) is 7.35. The molecule has 0 spiro atoms. The van der Waals surface area contributed by atoms with Crippen molar-refractivity contribution >= 4 is 17.5 Å². The maximum atomic E-state index is 12.2. The number of hydrogen-bond donors (Lipinski definition) is 1. The zero-order valence-corrected chi connectivity index (χ0v) is 14.3. The Labute approximate surface area is 142 Å². The van der Waals surface area contributed by atoms with E-state index in [2.05, 4.69) is 10.2 Å². The highest BCUT2D eigenvalue weighted by Crippen LogP contribution is 2.22. The summed E-state index contributed by atoms with van der Waals surface area (Å²) in [5.74, 6) is 0.690. The third kappa shape index (κ3) is 4.71. The van der Waals surface area contributed by atoms with E-state index in [1.54, 1.807) is 31.4 Å². The van der Waals surface area contributed by atoms with Crippen molar-refractivity contribution in [3.05, 3.63) is 64.7 Å². The standard InChI is InChI=1S/C18H21ClN2O2/c1-21(2)17(14-5-4-6-16(11-14)23-3)12-20-18(22)13-7-9-15(19)10-8-13/h4-11,17H,12H2,1-3H3,(H,20,22). The lowest BCUT2D eigenvalue weighted by Gasteiger charge is -2.25. The van der Waals surface area contributed by atoms with Gasteiger partial charge in [-0.2, -0.15) is 0 Å². The van der Waals surface area contributed by atoms with Crippen molar-refractivity contribution in [3.8, 4) is 5.75 Å². The van der Waals surface area contributed by atoms with Gasteiger partial charge in [0.1, 0.15) is 5.75 Å². The van der Waals surface area contributed by atoms with E-state index in [9.17, 15) is 4.79 Å². The first kappa shape index (κ1) is 17.3. The van der Waals surface area contributed by atoms with Crippen LogP contribution in [-0.4, -0.2) is 38.6 Å². The Balaban J connectivity index is 2.07. The van der Waals surface area contributed by atoms with Crippen molar-refractivity contribution < 1.29 is 9.53 Å². The van der Waals surface area contributed by atoms with Gasteiger partial charge in [-0.15, -0.1) is 0 Å². The predicted octanol–water partition coefficient (Wildman–Crippen LogP) is 3.38. The average molecular weight is 333 g/mol. The molecule has 0 fully saturated rings. The van der Waals surface area contributed by atoms with Gasteiger partial charge in [0.05, 0.1) is 13.2 Å². The number of carbonyl (C=O) groups is 1. The van der Waals surface area contributed by atoms with Gasteiger partial charge in [0, 0.05) is 17.1 Å². The minimum atomic E-state index is -0.114. The van der Waals surface area contributed by atoms with Crippen LogP contribution in [0.25, 0.3) is 0 Å². The molecule has 5 heteroatoms. The Bertz CT molecular complexity index is 656. The Morgan fingerprint density at radius 1 is 1.22 bits per heavy atom. The Kier molecular flexibility index (Phi) is 6.02. The van der Waals surface area contributed by atoms with Crippen LogP contribution in [0.3, 0.4) is 0 Å². The van der Waals surface area contributed by atoms with E-state index in [1.807, 2.05) is 38.4 Å². The quantitative estimate of drug-likeness (QED) is 0.881. The molecule has 4 nitrogen and oxygen atoms in total. The van der Waals surface area contributed by atoms with Crippen LogP contribution in [0.15, 0.2) is 48.5 Å². The number of methoxy groups -OCH3 is 1. The monoisotopic (exact) mass is 332 g/mol. The van der Waals surface area contributed by atoms with E-state index in [-0.39, 0.29) is 11.9 Å². The predicted molar refractivity (Wildman–Crippen MR) is 93.2 cm³/mol. The number of likely N-dealkylation sites (N-methyl/N-ethyl adjacent to an activating group) is 1. The van der Waals surface area contributed by atoms with Crippen LogP contribution < -0.4 is 10.1 Å². The molecular formula is C18H21ClN2O2. The molecule has 0 heterocycles. The number of hydrogen-bond acceptors (Lipinski definition) is 3. The van der Waals surface area contributed by atoms with Gasteiger partial charge in [0.15, 0.2) is 0 Å². The van der Waals surface area contributed by atoms with Gasteiger partial charge in [-0.3, -0.25) is 4.79 Å². The summed E-state index contributed by atoms with van der Waals surface area (Å²) in [5, 5.41) is 3.59. The van der Waals surface area contributed by atoms with Gasteiger partial charge in [0.25, 0.3) is 5.91 Å². The molecule has 1 unspecified atom stereocenters. The summed E-state index contributed by atoms with van der Waals surface area (Å²) >= 11 is 5.84. The molecule has 0 saturated heterocycles. The molecule has 0 bridgehead atoms. The topological polar surface area (TPSA) is 41.6 Å². The molecule has 1 atom stereocenters. The van der Waals surface area contributed by atoms with Gasteiger partial charge in [0.2, 0.25) is 0 Å². The second-order valence-corrected chi connectivity index (χ2v) is 5.91. The summed E-state index contributed by atoms with van der Waals surface area (Å²) in [5.41, 5.74) is 1.68. The molecule has 0 aliphatic carbocycles. The third-order valence-corrected chi connectivity index (χ3v) is 3.92. The lowest BCUT2D eigenvalue weighted by Crippen LogP contribution is -2.34. The molecule has 0 aliphatic heterocycles. The summed E-state index contributed by atoms with van der Waals surface area (Å²) in [6.07, 6.45) is 0. The zero-order valence-electron chi connectivity index (χ0n) is 13.5. The van der Waals surface area contributed by atoms with Crippen LogP contribution >= 0.6 is 11.6 Å². The van der Waals surface area contributed by atoms with Gasteiger partial charge in [-0.25, -0.2) is 0 Å². The van der Waals surface area contributed by atoms with Crippen molar-refractivity contribution in [3.63, 3.8) is 0 Å². The number of rotatable bonds is 6. The number of ether oxygens (including phenoxy) is 1. The first-order chi connectivity index (χ1) is 11.0. The maximum Gasteiger partial charge on any atom is 0.251 e. The summed E-state index contributed by atoms with van der Waals surface area (Å²) < 4.78 is 5.27. The van der Waals surface area contributed by atoms with E-state index in [4.69, 9.17) is 16.3 Å². The molecular weight excluding hydrogens is 312 g/mol. The maximum absolute atomic E-state index is 12.2. The van der Waals surface area contributed by atoms with Crippen molar-refractivity contribution in [2.24, 2.45) is 0 Å². The van der Waals surface area contributed by atoms with Crippen LogP contribution in [0.5, 0.6) is 5.75 Å². The number of nitrogens with zero attached hydrogens (tertiary/aromatic N) is 1. The normalized spacial score (nSPS) is 12.0. The fourth-order valence-corrected chi connectivity index (χ4v) is 2.47. The van der Waals surface area contributed by atoms with Crippen LogP contribution in [0.4, 0.5) is 0 Å². The highest BCUT2D eigenvalue weighted by molar-refractivity contribution is 6.30. The summed E-state index contributed by atoms with van der Waals surface area (Å²) in [6.45, 7) is 0.502. The zero-order chi connectivity index (χ0) is 16.8. The minimum Gasteiger partial charge on any atom is -0.497 e. The van der Waals surface area contributed by atoms with E-state index >= 15 is 0 Å². The summed E-state index contributed by atoms with van der Waals surface area (Å²) in [7, 11) is 5.61. The van der Waals surface area contributed by atoms with Gasteiger partial charge < -0.3 is 15.0 Å². The second-order valence-electron chi connectivity index (χ2n) is 5.47. The summed E-state index contributed by atoms with van der Waals surface area (Å²) in [6, 6.07) is 14.8. The Morgan fingerprint density at radius 2 is 1.91 bits per heavy atom. The van der Waals surface area contributed by atoms with E-state index in [0.29, 0.717) is 17.1 Å². The molecule has 1 amide bonds. The van der Waals surface area contributed by atoms with E-state index in [0.717, 1.165) is 11.3 Å². The van der Waals surface area contributed by atoms with E-state index in [1.165, 1.54) is 0 Å². The number of halogens is 1. The van der Waals surface area contributed by atoms with Gasteiger partial charge >= 0.3 is 0 Å². The number of amides is 1. The largest absolute Gasteiger partial charge is 0.497 e. The molecule has 0 aromatic heterocycles. The fraction of sp³-hybridized carbons (Fsp3) is 0.278. The molecule has 1 N–H and O–H groups in total. The molecule has 0 aliphatic rings. The third-order valence-electron chi connectivity index (χ3n) is 3.66. The van der Waals surface area contributed by atoms with Crippen LogP contribution in [0.1, 0.15) is 22.0 Å². The van der Waals surface area contributed by atoms with Crippen LogP contribution in [0.2, 0.25) is 5.02 Å². The number of benzene rings is 2. The van der Waals surface area contributed by atoms with Crippen molar-refractivity contribution in [2.45, 2.75) is 6.04 Å². The van der Waals surface area contributed by atoms with Gasteiger partial charge in [-0.05, 0) is 56.1 Å². The van der Waals surface area contributed by atoms with Gasteiger partial charge in [-0.1, -0.05) is 23.7 Å². The summed E-state index contributed by atoms with van der Waals surface area (Å²) in [4.78, 5) is 14.3. The molecule has 2 aromatic rings. The van der Waals surface area contributed by atoms with E-state index < -0.39 is 0 Å². The number of nitrogens with one attached hydrogen (secondary N) is 1. The second kappa shape index (κ2) is 7.99. The molecule has 23 heavy (non-hydrogen) atoms. The molecule has 122 valence electrons. The van der Waals surface area contributed by atoms with Crippen molar-refractivity contribution in [1.82, 2.24) is 10.2 Å². The highest BCUT2D eigenvalue weighted by Gasteiger charge is 2.16. The molecule has 2 rings (SSSR count). The van der Waals surface area contributed by atoms with Crippen molar-refractivity contribution in [1.29, 1.82) is 0 Å². The molecule has 0 radical (unpaired) electrons. The lowest BCUT2D eigenvalue weighted by molar-refractivity contribution is 0.0942. The first-order valence-corrected chi connectivity index (χ1v) is 7.73. The smallest absolute Gasteiger partial charge is 0.251 e.